The average molecular weight is 778 g/mol. The maximum absolute atomic E-state index is 5.19. The molecular formula is C58H39N3. The molecule has 0 aliphatic heterocycles. The minimum atomic E-state index is -0.478. The normalized spacial score (nSPS) is 12.4. The molecule has 1 aliphatic carbocycles. The summed E-state index contributed by atoms with van der Waals surface area (Å²) < 4.78 is 0. The molecule has 9 aromatic carbocycles. The van der Waals surface area contributed by atoms with Crippen molar-refractivity contribution in [2.45, 2.75) is 5.41 Å². The van der Waals surface area contributed by atoms with E-state index in [-0.39, 0.29) is 0 Å². The third-order valence-electron chi connectivity index (χ3n) is 12.0. The van der Waals surface area contributed by atoms with E-state index in [2.05, 4.69) is 212 Å². The Kier molecular flexibility index (Phi) is 9.05. The monoisotopic (exact) mass is 777 g/mol. The van der Waals surface area contributed by atoms with E-state index in [1.165, 1.54) is 44.5 Å². The first-order chi connectivity index (χ1) is 30.2. The molecule has 0 spiro atoms. The van der Waals surface area contributed by atoms with Crippen molar-refractivity contribution in [3.8, 4) is 78.7 Å². The summed E-state index contributed by atoms with van der Waals surface area (Å²) in [5.41, 5.74) is 16.8. The highest BCUT2D eigenvalue weighted by Gasteiger charge is 2.46. The van der Waals surface area contributed by atoms with Crippen LogP contribution in [-0.4, -0.2) is 15.0 Å². The quantitative estimate of drug-likeness (QED) is 0.154. The largest absolute Gasteiger partial charge is 0.208 e. The van der Waals surface area contributed by atoms with Crippen molar-refractivity contribution < 1.29 is 0 Å². The number of fused-ring (bicyclic) bond motifs is 3. The van der Waals surface area contributed by atoms with Gasteiger partial charge in [-0.05, 0) is 85.0 Å². The van der Waals surface area contributed by atoms with E-state index in [9.17, 15) is 0 Å². The van der Waals surface area contributed by atoms with Crippen molar-refractivity contribution in [1.29, 1.82) is 0 Å². The minimum absolute atomic E-state index is 0.478. The SMILES string of the molecule is c1ccc(-c2ccc(-c3cccc(-c4nc(-c5ccccc5)nc(-c5cccc(-c6ccc7c(c6)C(c6ccccc6)(c6ccccc6)c6ccccc6-7)c5)n4)c3)cc2)cc1. The second kappa shape index (κ2) is 15.3. The standard InChI is InChI=1S/C58H39N3/c1-5-17-40(18-6-1)41-31-33-42(34-32-41)44-21-15-23-47(37-44)56-59-55(43-19-7-2-8-20-43)60-57(61-56)48-24-16-22-45(38-48)46-35-36-52-51-29-13-14-30-53(51)58(54(52)39-46,49-25-9-3-10-26-49)50-27-11-4-12-28-50/h1-39H. The molecule has 0 saturated carbocycles. The Morgan fingerprint density at radius 2 is 0.590 bits per heavy atom. The third-order valence-corrected chi connectivity index (χ3v) is 12.0. The molecule has 0 amide bonds. The molecule has 1 aromatic heterocycles. The minimum Gasteiger partial charge on any atom is -0.208 e. The summed E-state index contributed by atoms with van der Waals surface area (Å²) in [6, 6.07) is 84.2. The van der Waals surface area contributed by atoms with Gasteiger partial charge >= 0.3 is 0 Å². The molecule has 3 nitrogen and oxygen atoms in total. The molecule has 1 heterocycles. The molecule has 10 aromatic rings. The molecule has 11 rings (SSSR count). The lowest BCUT2D eigenvalue weighted by Gasteiger charge is -2.34. The summed E-state index contributed by atoms with van der Waals surface area (Å²) in [4.78, 5) is 15.4. The van der Waals surface area contributed by atoms with Crippen LogP contribution in [0.4, 0.5) is 0 Å². The average Bonchev–Trinajstić information content (AvgIpc) is 3.65. The zero-order valence-electron chi connectivity index (χ0n) is 33.4. The van der Waals surface area contributed by atoms with Crippen molar-refractivity contribution in [3.05, 3.63) is 259 Å². The van der Waals surface area contributed by atoms with Crippen LogP contribution in [0.3, 0.4) is 0 Å². The zero-order chi connectivity index (χ0) is 40.6. The van der Waals surface area contributed by atoms with Crippen LogP contribution < -0.4 is 0 Å². The maximum Gasteiger partial charge on any atom is 0.164 e. The predicted octanol–water partition coefficient (Wildman–Crippen LogP) is 14.2. The fourth-order valence-corrected chi connectivity index (χ4v) is 9.14. The van der Waals surface area contributed by atoms with Gasteiger partial charge in [0.15, 0.2) is 17.5 Å². The number of rotatable bonds is 8. The molecule has 0 unspecified atom stereocenters. The van der Waals surface area contributed by atoms with Gasteiger partial charge in [-0.1, -0.05) is 218 Å². The first-order valence-electron chi connectivity index (χ1n) is 20.8. The van der Waals surface area contributed by atoms with Gasteiger partial charge in [0.05, 0.1) is 5.41 Å². The predicted molar refractivity (Wildman–Crippen MR) is 250 cm³/mol. The van der Waals surface area contributed by atoms with Gasteiger partial charge in [-0.25, -0.2) is 15.0 Å². The Morgan fingerprint density at radius 1 is 0.230 bits per heavy atom. The van der Waals surface area contributed by atoms with Crippen molar-refractivity contribution >= 4 is 0 Å². The van der Waals surface area contributed by atoms with E-state index in [0.29, 0.717) is 17.5 Å². The summed E-state index contributed by atoms with van der Waals surface area (Å²) in [5.74, 6) is 1.89. The number of nitrogens with zero attached hydrogens (tertiary/aromatic N) is 3. The highest BCUT2D eigenvalue weighted by molar-refractivity contribution is 5.89. The van der Waals surface area contributed by atoms with Crippen LogP contribution >= 0.6 is 0 Å². The van der Waals surface area contributed by atoms with Crippen LogP contribution in [0.2, 0.25) is 0 Å². The lowest BCUT2D eigenvalue weighted by molar-refractivity contribution is 0.769. The van der Waals surface area contributed by atoms with Crippen LogP contribution in [0.25, 0.3) is 78.7 Å². The van der Waals surface area contributed by atoms with E-state index in [1.54, 1.807) is 0 Å². The highest BCUT2D eigenvalue weighted by atomic mass is 15.0. The summed E-state index contributed by atoms with van der Waals surface area (Å²) in [6.45, 7) is 0. The summed E-state index contributed by atoms with van der Waals surface area (Å²) in [6.07, 6.45) is 0. The van der Waals surface area contributed by atoms with Gasteiger partial charge in [-0.15, -0.1) is 0 Å². The van der Waals surface area contributed by atoms with Crippen molar-refractivity contribution in [2.75, 3.05) is 0 Å². The van der Waals surface area contributed by atoms with Gasteiger partial charge in [-0.2, -0.15) is 0 Å². The highest BCUT2D eigenvalue weighted by Crippen LogP contribution is 2.56. The Hall–Kier alpha value is -8.01. The Morgan fingerprint density at radius 3 is 1.16 bits per heavy atom. The molecule has 286 valence electrons. The molecule has 0 N–H and O–H groups in total. The Labute approximate surface area is 356 Å². The van der Waals surface area contributed by atoms with E-state index in [4.69, 9.17) is 15.0 Å². The second-order valence-electron chi connectivity index (χ2n) is 15.6. The molecule has 0 atom stereocenters. The fraction of sp³-hybridized carbons (Fsp3) is 0.0172. The Bertz CT molecular complexity index is 3120. The van der Waals surface area contributed by atoms with Gasteiger partial charge in [0, 0.05) is 16.7 Å². The van der Waals surface area contributed by atoms with E-state index >= 15 is 0 Å². The molecule has 0 saturated heterocycles. The summed E-state index contributed by atoms with van der Waals surface area (Å²) in [5, 5.41) is 0. The molecular weight excluding hydrogens is 739 g/mol. The number of aromatic nitrogens is 3. The van der Waals surface area contributed by atoms with Crippen LogP contribution in [0, 0.1) is 0 Å². The van der Waals surface area contributed by atoms with Crippen molar-refractivity contribution in [2.24, 2.45) is 0 Å². The lowest BCUT2D eigenvalue weighted by atomic mass is 9.67. The number of benzene rings is 9. The van der Waals surface area contributed by atoms with Crippen molar-refractivity contribution in [1.82, 2.24) is 15.0 Å². The maximum atomic E-state index is 5.19. The third kappa shape index (κ3) is 6.44. The van der Waals surface area contributed by atoms with Gasteiger partial charge in [-0.3, -0.25) is 0 Å². The zero-order valence-corrected chi connectivity index (χ0v) is 33.4. The van der Waals surface area contributed by atoms with Crippen LogP contribution in [0.1, 0.15) is 22.3 Å². The van der Waals surface area contributed by atoms with Crippen LogP contribution in [0.5, 0.6) is 0 Å². The number of hydrogen-bond donors (Lipinski definition) is 0. The molecule has 0 radical (unpaired) electrons. The molecule has 1 aliphatic rings. The fourth-order valence-electron chi connectivity index (χ4n) is 9.14. The van der Waals surface area contributed by atoms with Gasteiger partial charge < -0.3 is 0 Å². The molecule has 61 heavy (non-hydrogen) atoms. The molecule has 0 bridgehead atoms. The van der Waals surface area contributed by atoms with E-state index in [1.807, 2.05) is 24.3 Å². The number of hydrogen-bond acceptors (Lipinski definition) is 3. The van der Waals surface area contributed by atoms with E-state index in [0.717, 1.165) is 38.9 Å². The Balaban J connectivity index is 1.02. The van der Waals surface area contributed by atoms with Crippen molar-refractivity contribution in [3.63, 3.8) is 0 Å². The first kappa shape index (κ1) is 36.1. The summed E-state index contributed by atoms with van der Waals surface area (Å²) in [7, 11) is 0. The van der Waals surface area contributed by atoms with Crippen LogP contribution in [-0.2, 0) is 5.41 Å². The van der Waals surface area contributed by atoms with Crippen LogP contribution in [0.15, 0.2) is 237 Å². The second-order valence-corrected chi connectivity index (χ2v) is 15.6. The van der Waals surface area contributed by atoms with E-state index < -0.39 is 5.41 Å². The smallest absolute Gasteiger partial charge is 0.164 e. The topological polar surface area (TPSA) is 38.7 Å². The summed E-state index contributed by atoms with van der Waals surface area (Å²) >= 11 is 0. The molecule has 3 heteroatoms. The van der Waals surface area contributed by atoms with Gasteiger partial charge in [0.1, 0.15) is 0 Å². The first-order valence-corrected chi connectivity index (χ1v) is 20.8. The van der Waals surface area contributed by atoms with Gasteiger partial charge in [0.25, 0.3) is 0 Å². The van der Waals surface area contributed by atoms with Gasteiger partial charge in [0.2, 0.25) is 0 Å². The molecule has 0 fully saturated rings. The lowest BCUT2D eigenvalue weighted by Crippen LogP contribution is -2.28.